The van der Waals surface area contributed by atoms with Crippen LogP contribution in [0.15, 0.2) is 66.0 Å². The summed E-state index contributed by atoms with van der Waals surface area (Å²) in [6.07, 6.45) is 4.92. The Morgan fingerprint density at radius 1 is 1.09 bits per heavy atom. The number of benzene rings is 2. The number of hydrogen-bond acceptors (Lipinski definition) is 6. The van der Waals surface area contributed by atoms with Crippen LogP contribution in [0, 0.1) is 6.92 Å². The topological polar surface area (TPSA) is 115 Å². The SMILES string of the molecule is Cc1cc(-c2ccccn2)c(CS(=O)(=O)c2cc(C(=O)O)ccc2C2CC2)cc1-c1ncnn1C. The molecule has 0 atom stereocenters. The molecule has 0 spiro atoms. The van der Waals surface area contributed by atoms with Crippen LogP contribution in [-0.2, 0) is 22.6 Å². The number of aromatic nitrogens is 4. The van der Waals surface area contributed by atoms with Crippen molar-refractivity contribution in [2.75, 3.05) is 0 Å². The number of pyridine rings is 1. The van der Waals surface area contributed by atoms with Crippen molar-refractivity contribution in [1.82, 2.24) is 19.7 Å². The van der Waals surface area contributed by atoms with Gasteiger partial charge in [0.2, 0.25) is 0 Å². The van der Waals surface area contributed by atoms with Crippen LogP contribution in [-0.4, -0.2) is 39.2 Å². The molecule has 5 rings (SSSR count). The second-order valence-corrected chi connectivity index (χ2v) is 10.8. The predicted octanol–water partition coefficient (Wildman–Crippen LogP) is 4.40. The summed E-state index contributed by atoms with van der Waals surface area (Å²) in [7, 11) is -2.10. The van der Waals surface area contributed by atoms with Gasteiger partial charge in [0.15, 0.2) is 15.7 Å². The lowest BCUT2D eigenvalue weighted by atomic mass is 9.97. The summed E-state index contributed by atoms with van der Waals surface area (Å²) in [5.74, 6) is -0.685. The summed E-state index contributed by atoms with van der Waals surface area (Å²) in [5, 5.41) is 13.6. The maximum atomic E-state index is 13.8. The van der Waals surface area contributed by atoms with E-state index in [0.717, 1.165) is 24.0 Å². The number of carbonyl (C=O) groups is 1. The Hall–Kier alpha value is -3.85. The van der Waals surface area contributed by atoms with Crippen molar-refractivity contribution >= 4 is 15.8 Å². The lowest BCUT2D eigenvalue weighted by molar-refractivity contribution is 0.0696. The minimum absolute atomic E-state index is 0.0402. The maximum absolute atomic E-state index is 13.8. The summed E-state index contributed by atoms with van der Waals surface area (Å²) in [5.41, 5.74) is 4.27. The summed E-state index contributed by atoms with van der Waals surface area (Å²) in [6, 6.07) is 13.7. The van der Waals surface area contributed by atoms with Crippen LogP contribution < -0.4 is 0 Å². The van der Waals surface area contributed by atoms with Crippen molar-refractivity contribution < 1.29 is 18.3 Å². The van der Waals surface area contributed by atoms with E-state index in [9.17, 15) is 18.3 Å². The van der Waals surface area contributed by atoms with Gasteiger partial charge >= 0.3 is 5.97 Å². The lowest BCUT2D eigenvalue weighted by Crippen LogP contribution is -2.11. The normalized spacial score (nSPS) is 13.7. The van der Waals surface area contributed by atoms with E-state index in [1.54, 1.807) is 30.1 Å². The molecule has 0 bridgehead atoms. The number of sulfone groups is 1. The Morgan fingerprint density at radius 3 is 2.51 bits per heavy atom. The van der Waals surface area contributed by atoms with E-state index in [4.69, 9.17) is 0 Å². The first-order valence-corrected chi connectivity index (χ1v) is 12.9. The van der Waals surface area contributed by atoms with Gasteiger partial charge in [-0.3, -0.25) is 4.98 Å². The molecule has 2 aromatic heterocycles. The van der Waals surface area contributed by atoms with Crippen molar-refractivity contribution in [2.24, 2.45) is 7.05 Å². The molecule has 8 nitrogen and oxygen atoms in total. The minimum Gasteiger partial charge on any atom is -0.478 e. The molecule has 35 heavy (non-hydrogen) atoms. The minimum atomic E-state index is -3.88. The van der Waals surface area contributed by atoms with Crippen LogP contribution in [0.4, 0.5) is 0 Å². The van der Waals surface area contributed by atoms with Crippen molar-refractivity contribution in [2.45, 2.75) is 36.3 Å². The standard InChI is InChI=1S/C26H24N4O4S/c1-16-11-22(23-5-3-4-10-27-23)19(12-21(16)25-28-15-29-30(25)2)14-35(33,34)24-13-18(26(31)32)8-9-20(24)17-6-7-17/h3-5,8-13,15,17H,6-7,14H2,1-2H3,(H,31,32). The van der Waals surface area contributed by atoms with Gasteiger partial charge in [0, 0.05) is 24.4 Å². The quantitative estimate of drug-likeness (QED) is 0.410. The van der Waals surface area contributed by atoms with Crippen LogP contribution >= 0.6 is 0 Å². The molecule has 1 fully saturated rings. The van der Waals surface area contributed by atoms with E-state index < -0.39 is 15.8 Å². The molecule has 0 aliphatic heterocycles. The van der Waals surface area contributed by atoms with E-state index in [1.807, 2.05) is 31.2 Å². The molecule has 1 N–H and O–H groups in total. The Bertz CT molecular complexity index is 1540. The predicted molar refractivity (Wildman–Crippen MR) is 131 cm³/mol. The van der Waals surface area contributed by atoms with E-state index in [1.165, 1.54) is 18.5 Å². The molecule has 1 saturated carbocycles. The monoisotopic (exact) mass is 488 g/mol. The maximum Gasteiger partial charge on any atom is 0.335 e. The van der Waals surface area contributed by atoms with Gasteiger partial charge in [0.05, 0.1) is 21.9 Å². The highest BCUT2D eigenvalue weighted by atomic mass is 32.2. The van der Waals surface area contributed by atoms with Gasteiger partial charge in [-0.15, -0.1) is 0 Å². The second kappa shape index (κ2) is 8.74. The molecule has 0 unspecified atom stereocenters. The van der Waals surface area contributed by atoms with Crippen LogP contribution in [0.25, 0.3) is 22.6 Å². The third-order valence-corrected chi connectivity index (χ3v) is 8.02. The van der Waals surface area contributed by atoms with Crippen LogP contribution in [0.1, 0.15) is 45.8 Å². The van der Waals surface area contributed by atoms with Crippen molar-refractivity contribution in [1.29, 1.82) is 0 Å². The Kier molecular flexibility index (Phi) is 5.72. The highest BCUT2D eigenvalue weighted by Gasteiger charge is 2.32. The Labute approximate surface area is 203 Å². The molecular formula is C26H24N4O4S. The molecule has 0 amide bonds. The van der Waals surface area contributed by atoms with Crippen LogP contribution in [0.5, 0.6) is 0 Å². The number of hydrogen-bond donors (Lipinski definition) is 1. The first kappa shape index (κ1) is 22.9. The third-order valence-electron chi connectivity index (χ3n) is 6.30. The summed E-state index contributed by atoms with van der Waals surface area (Å²) >= 11 is 0. The third kappa shape index (κ3) is 4.46. The first-order chi connectivity index (χ1) is 16.7. The number of carboxylic acids is 1. The van der Waals surface area contributed by atoms with Gasteiger partial charge in [-0.2, -0.15) is 5.10 Å². The van der Waals surface area contributed by atoms with Crippen LogP contribution in [0.2, 0.25) is 0 Å². The van der Waals surface area contributed by atoms with Gasteiger partial charge in [-0.1, -0.05) is 12.1 Å². The average molecular weight is 489 g/mol. The summed E-state index contributed by atoms with van der Waals surface area (Å²) in [6.45, 7) is 1.94. The molecule has 178 valence electrons. The molecule has 0 radical (unpaired) electrons. The largest absolute Gasteiger partial charge is 0.478 e. The van der Waals surface area contributed by atoms with Crippen molar-refractivity contribution in [3.8, 4) is 22.6 Å². The fourth-order valence-electron chi connectivity index (χ4n) is 4.36. The fourth-order valence-corrected chi connectivity index (χ4v) is 6.07. The van der Waals surface area contributed by atoms with E-state index in [0.29, 0.717) is 28.2 Å². The first-order valence-electron chi connectivity index (χ1n) is 11.2. The van der Waals surface area contributed by atoms with Crippen molar-refractivity contribution in [3.63, 3.8) is 0 Å². The molecule has 0 saturated heterocycles. The number of rotatable bonds is 7. The molecule has 2 heterocycles. The highest BCUT2D eigenvalue weighted by molar-refractivity contribution is 7.90. The molecular weight excluding hydrogens is 464 g/mol. The number of aromatic carboxylic acids is 1. The lowest BCUT2D eigenvalue weighted by Gasteiger charge is -2.16. The fraction of sp³-hybridized carbons (Fsp3) is 0.231. The summed E-state index contributed by atoms with van der Waals surface area (Å²) < 4.78 is 29.3. The zero-order valence-electron chi connectivity index (χ0n) is 19.3. The van der Waals surface area contributed by atoms with E-state index in [2.05, 4.69) is 15.1 Å². The molecule has 1 aliphatic carbocycles. The van der Waals surface area contributed by atoms with Gasteiger partial charge in [0.25, 0.3) is 0 Å². The molecule has 1 aliphatic rings. The smallest absolute Gasteiger partial charge is 0.335 e. The van der Waals surface area contributed by atoms with Gasteiger partial charge in [-0.25, -0.2) is 22.9 Å². The van der Waals surface area contributed by atoms with Gasteiger partial charge in [0.1, 0.15) is 6.33 Å². The van der Waals surface area contributed by atoms with Gasteiger partial charge in [-0.05, 0) is 78.8 Å². The number of carboxylic acid groups (broad SMARTS) is 1. The Balaban J connectivity index is 1.67. The number of aryl methyl sites for hydroxylation is 2. The molecule has 9 heteroatoms. The molecule has 2 aromatic carbocycles. The van der Waals surface area contributed by atoms with Gasteiger partial charge < -0.3 is 5.11 Å². The Morgan fingerprint density at radius 2 is 1.89 bits per heavy atom. The van der Waals surface area contributed by atoms with Crippen molar-refractivity contribution in [3.05, 3.63) is 83.3 Å². The molecule has 4 aromatic rings. The van der Waals surface area contributed by atoms with E-state index >= 15 is 0 Å². The second-order valence-electron chi connectivity index (χ2n) is 8.84. The highest BCUT2D eigenvalue weighted by Crippen LogP contribution is 2.44. The number of nitrogens with zero attached hydrogens (tertiary/aromatic N) is 4. The zero-order valence-corrected chi connectivity index (χ0v) is 20.2. The zero-order chi connectivity index (χ0) is 24.7. The van der Waals surface area contributed by atoms with Crippen LogP contribution in [0.3, 0.4) is 0 Å². The average Bonchev–Trinajstić information content (AvgIpc) is 3.60. The van der Waals surface area contributed by atoms with E-state index in [-0.39, 0.29) is 22.1 Å². The summed E-state index contributed by atoms with van der Waals surface area (Å²) in [4.78, 5) is 20.5.